The maximum Gasteiger partial charge on any atom is 0.222 e. The van der Waals surface area contributed by atoms with Crippen LogP contribution in [0.1, 0.15) is 71.6 Å². The van der Waals surface area contributed by atoms with Gasteiger partial charge in [0.1, 0.15) is 0 Å². The highest BCUT2D eigenvalue weighted by Crippen LogP contribution is 2.24. The van der Waals surface area contributed by atoms with E-state index in [1.165, 1.54) is 32.1 Å². The smallest absolute Gasteiger partial charge is 0.222 e. The molecule has 4 heteroatoms. The third-order valence-corrected chi connectivity index (χ3v) is 4.04. The van der Waals surface area contributed by atoms with Crippen molar-refractivity contribution in [3.05, 3.63) is 0 Å². The van der Waals surface area contributed by atoms with E-state index in [2.05, 4.69) is 18.7 Å². The third kappa shape index (κ3) is 7.49. The van der Waals surface area contributed by atoms with Gasteiger partial charge in [-0.05, 0) is 51.0 Å². The average molecular weight is 305 g/mol. The molecular weight excluding hydrogens is 272 g/mol. The van der Waals surface area contributed by atoms with Gasteiger partial charge in [0, 0.05) is 19.0 Å². The number of nitrogens with zero attached hydrogens (tertiary/aromatic N) is 1. The molecule has 1 rings (SSSR count). The first kappa shape index (κ1) is 19.7. The van der Waals surface area contributed by atoms with Crippen LogP contribution in [0.5, 0.6) is 0 Å². The van der Waals surface area contributed by atoms with Crippen LogP contribution in [-0.4, -0.2) is 29.9 Å². The van der Waals surface area contributed by atoms with Gasteiger partial charge >= 0.3 is 0 Å². The van der Waals surface area contributed by atoms with E-state index in [9.17, 15) is 4.79 Å². The van der Waals surface area contributed by atoms with Gasteiger partial charge in [0.15, 0.2) is 0 Å². The number of piperidine rings is 1. The predicted octanol–water partition coefficient (Wildman–Crippen LogP) is 3.74. The summed E-state index contributed by atoms with van der Waals surface area (Å²) in [7, 11) is 0. The number of hydrogen-bond acceptors (Lipinski definition) is 2. The first-order valence-corrected chi connectivity index (χ1v) is 8.14. The second-order valence-electron chi connectivity index (χ2n) is 6.32. The molecule has 2 N–H and O–H groups in total. The summed E-state index contributed by atoms with van der Waals surface area (Å²) in [5, 5.41) is 0. The van der Waals surface area contributed by atoms with Crippen LogP contribution in [0.4, 0.5) is 0 Å². The Balaban J connectivity index is 0.00000361. The molecule has 1 fully saturated rings. The van der Waals surface area contributed by atoms with Crippen molar-refractivity contribution in [3.63, 3.8) is 0 Å². The Kier molecular flexibility index (Phi) is 11.2. The van der Waals surface area contributed by atoms with E-state index in [4.69, 9.17) is 5.73 Å². The topological polar surface area (TPSA) is 46.3 Å². The molecule has 1 atom stereocenters. The highest BCUT2D eigenvalue weighted by Gasteiger charge is 2.26. The quantitative estimate of drug-likeness (QED) is 0.694. The van der Waals surface area contributed by atoms with E-state index >= 15 is 0 Å². The average Bonchev–Trinajstić information content (AvgIpc) is 2.38. The van der Waals surface area contributed by atoms with Gasteiger partial charge < -0.3 is 10.6 Å². The molecule has 1 unspecified atom stereocenters. The summed E-state index contributed by atoms with van der Waals surface area (Å²) in [5.74, 6) is 1.07. The van der Waals surface area contributed by atoms with Gasteiger partial charge in [0.2, 0.25) is 5.91 Å². The Labute approximate surface area is 131 Å². The van der Waals surface area contributed by atoms with Crippen LogP contribution in [0, 0.1) is 5.92 Å². The number of carbonyl (C=O) groups excluding carboxylic acids is 1. The molecule has 3 nitrogen and oxygen atoms in total. The summed E-state index contributed by atoms with van der Waals surface area (Å²) < 4.78 is 0. The molecule has 20 heavy (non-hydrogen) atoms. The number of carbonyl (C=O) groups is 1. The number of amides is 1. The van der Waals surface area contributed by atoms with Crippen molar-refractivity contribution < 1.29 is 4.79 Å². The van der Waals surface area contributed by atoms with E-state index in [-0.39, 0.29) is 12.4 Å². The van der Waals surface area contributed by atoms with Gasteiger partial charge in [-0.1, -0.05) is 26.7 Å². The van der Waals surface area contributed by atoms with Crippen LogP contribution in [0.25, 0.3) is 0 Å². The Morgan fingerprint density at radius 3 is 2.55 bits per heavy atom. The normalized spacial score (nSPS) is 19.0. The first-order valence-electron chi connectivity index (χ1n) is 8.14. The van der Waals surface area contributed by atoms with Crippen molar-refractivity contribution in [2.45, 2.75) is 77.7 Å². The number of halogens is 1. The van der Waals surface area contributed by atoms with Crippen molar-refractivity contribution in [2.75, 3.05) is 13.1 Å². The maximum atomic E-state index is 12.3. The standard InChI is InChI=1S/C16H32N2O.ClH/c1-14(2)13-15-9-6-8-12-18(15)16(19)10-5-3-4-7-11-17;/h14-15H,3-13,17H2,1-2H3;1H. The lowest BCUT2D eigenvalue weighted by molar-refractivity contribution is -0.135. The lowest BCUT2D eigenvalue weighted by Crippen LogP contribution is -2.44. The molecule has 0 aliphatic carbocycles. The van der Waals surface area contributed by atoms with Crippen LogP contribution >= 0.6 is 12.4 Å². The minimum atomic E-state index is 0. The molecule has 0 aromatic rings. The maximum absolute atomic E-state index is 12.3. The van der Waals surface area contributed by atoms with Crippen LogP contribution in [-0.2, 0) is 4.79 Å². The van der Waals surface area contributed by atoms with E-state index < -0.39 is 0 Å². The van der Waals surface area contributed by atoms with Gasteiger partial charge in [-0.3, -0.25) is 4.79 Å². The molecule has 0 aromatic carbocycles. The van der Waals surface area contributed by atoms with Crippen molar-refractivity contribution in [1.29, 1.82) is 0 Å². The molecule has 120 valence electrons. The fraction of sp³-hybridized carbons (Fsp3) is 0.938. The Hall–Kier alpha value is -0.280. The minimum absolute atomic E-state index is 0. The Morgan fingerprint density at radius 1 is 1.20 bits per heavy atom. The monoisotopic (exact) mass is 304 g/mol. The third-order valence-electron chi connectivity index (χ3n) is 4.04. The van der Waals surface area contributed by atoms with Crippen molar-refractivity contribution in [1.82, 2.24) is 4.90 Å². The zero-order valence-corrected chi connectivity index (χ0v) is 14.1. The first-order chi connectivity index (χ1) is 9.15. The molecule has 0 spiro atoms. The van der Waals surface area contributed by atoms with E-state index in [0.29, 0.717) is 17.9 Å². The molecule has 0 bridgehead atoms. The van der Waals surface area contributed by atoms with Gasteiger partial charge in [-0.2, -0.15) is 0 Å². The Bertz CT molecular complexity index is 259. The molecule has 1 heterocycles. The molecular formula is C16H33ClN2O. The van der Waals surface area contributed by atoms with E-state index in [1.54, 1.807) is 0 Å². The fourth-order valence-corrected chi connectivity index (χ4v) is 3.04. The van der Waals surface area contributed by atoms with E-state index in [0.717, 1.165) is 38.8 Å². The summed E-state index contributed by atoms with van der Waals surface area (Å²) in [6.07, 6.45) is 10.0. The minimum Gasteiger partial charge on any atom is -0.340 e. The summed E-state index contributed by atoms with van der Waals surface area (Å²) in [6, 6.07) is 0.505. The van der Waals surface area contributed by atoms with Gasteiger partial charge in [0.25, 0.3) is 0 Å². The van der Waals surface area contributed by atoms with Crippen LogP contribution in [0.2, 0.25) is 0 Å². The highest BCUT2D eigenvalue weighted by molar-refractivity contribution is 5.85. The number of nitrogens with two attached hydrogens (primary N) is 1. The second kappa shape index (κ2) is 11.4. The van der Waals surface area contributed by atoms with Crippen LogP contribution < -0.4 is 5.73 Å². The number of unbranched alkanes of at least 4 members (excludes halogenated alkanes) is 3. The summed E-state index contributed by atoms with van der Waals surface area (Å²) in [6.45, 7) is 6.27. The summed E-state index contributed by atoms with van der Waals surface area (Å²) >= 11 is 0. The summed E-state index contributed by atoms with van der Waals surface area (Å²) in [5.41, 5.74) is 5.48. The zero-order valence-electron chi connectivity index (χ0n) is 13.3. The molecule has 0 radical (unpaired) electrons. The summed E-state index contributed by atoms with van der Waals surface area (Å²) in [4.78, 5) is 14.5. The van der Waals surface area contributed by atoms with E-state index in [1.807, 2.05) is 0 Å². The highest BCUT2D eigenvalue weighted by atomic mass is 35.5. The van der Waals surface area contributed by atoms with Gasteiger partial charge in [-0.15, -0.1) is 12.4 Å². The molecule has 1 saturated heterocycles. The largest absolute Gasteiger partial charge is 0.340 e. The van der Waals surface area contributed by atoms with Crippen molar-refractivity contribution >= 4 is 18.3 Å². The molecule has 1 aliphatic rings. The Morgan fingerprint density at radius 2 is 1.90 bits per heavy atom. The molecule has 1 aliphatic heterocycles. The lowest BCUT2D eigenvalue weighted by atomic mass is 9.93. The lowest BCUT2D eigenvalue weighted by Gasteiger charge is -2.37. The van der Waals surface area contributed by atoms with Gasteiger partial charge in [0.05, 0.1) is 0 Å². The number of hydrogen-bond donors (Lipinski definition) is 1. The molecule has 0 saturated carbocycles. The molecule has 1 amide bonds. The predicted molar refractivity (Wildman–Crippen MR) is 88.2 cm³/mol. The van der Waals surface area contributed by atoms with Gasteiger partial charge in [-0.25, -0.2) is 0 Å². The number of rotatable bonds is 8. The fourth-order valence-electron chi connectivity index (χ4n) is 3.04. The second-order valence-corrected chi connectivity index (χ2v) is 6.32. The van der Waals surface area contributed by atoms with Crippen LogP contribution in [0.3, 0.4) is 0 Å². The van der Waals surface area contributed by atoms with Crippen molar-refractivity contribution in [3.8, 4) is 0 Å². The zero-order chi connectivity index (χ0) is 14.1. The molecule has 0 aromatic heterocycles. The van der Waals surface area contributed by atoms with Crippen LogP contribution in [0.15, 0.2) is 0 Å². The van der Waals surface area contributed by atoms with Crippen molar-refractivity contribution in [2.24, 2.45) is 11.7 Å². The SMILES string of the molecule is CC(C)CC1CCCCN1C(=O)CCCCCCN.Cl. The number of likely N-dealkylation sites (tertiary alicyclic amines) is 1.